The summed E-state index contributed by atoms with van der Waals surface area (Å²) in [5, 5.41) is 19.0. The number of carboxylic acid groups (broad SMARTS) is 1. The maximum absolute atomic E-state index is 10.6. The molecule has 0 aliphatic carbocycles. The van der Waals surface area contributed by atoms with E-state index in [0.717, 1.165) is 6.07 Å². The van der Waals surface area contributed by atoms with Crippen molar-refractivity contribution in [2.24, 2.45) is 0 Å². The molecule has 76 valence electrons. The normalized spacial score (nSPS) is 8.86. The standard InChI is InChI=1S/C7H6N2O4.ClH/c8-4-2-1-3-5(9(12)13)6(4)7(10)11;/h1-3H,8H2,(H,10,11);1H. The Balaban J connectivity index is 0.00000169. The van der Waals surface area contributed by atoms with Gasteiger partial charge in [0.2, 0.25) is 0 Å². The first kappa shape index (κ1) is 12.2. The van der Waals surface area contributed by atoms with Gasteiger partial charge in [-0.05, 0) is 6.07 Å². The molecule has 0 spiro atoms. The van der Waals surface area contributed by atoms with Gasteiger partial charge in [0, 0.05) is 6.07 Å². The molecule has 7 heteroatoms. The molecule has 14 heavy (non-hydrogen) atoms. The predicted octanol–water partition coefficient (Wildman–Crippen LogP) is 1.30. The fraction of sp³-hybridized carbons (Fsp3) is 0. The Kier molecular flexibility index (Phi) is 3.85. The second-order valence-corrected chi connectivity index (χ2v) is 2.30. The second kappa shape index (κ2) is 4.43. The van der Waals surface area contributed by atoms with Gasteiger partial charge in [-0.1, -0.05) is 6.07 Å². The summed E-state index contributed by atoms with van der Waals surface area (Å²) in [6.45, 7) is 0. The highest BCUT2D eigenvalue weighted by molar-refractivity contribution is 5.98. The number of nitrogens with two attached hydrogens (primary N) is 1. The van der Waals surface area contributed by atoms with Gasteiger partial charge in [-0.2, -0.15) is 0 Å². The number of nitrogens with zero attached hydrogens (tertiary/aromatic N) is 1. The van der Waals surface area contributed by atoms with Crippen LogP contribution in [-0.2, 0) is 0 Å². The largest absolute Gasteiger partial charge is 0.477 e. The number of halogens is 1. The number of nitro benzene ring substituents is 1. The molecular weight excluding hydrogens is 212 g/mol. The van der Waals surface area contributed by atoms with Crippen LogP contribution in [0.3, 0.4) is 0 Å². The Morgan fingerprint density at radius 3 is 2.43 bits per heavy atom. The summed E-state index contributed by atoms with van der Waals surface area (Å²) in [6.07, 6.45) is 0. The number of anilines is 1. The maximum Gasteiger partial charge on any atom is 0.344 e. The highest BCUT2D eigenvalue weighted by atomic mass is 35.5. The van der Waals surface area contributed by atoms with E-state index in [4.69, 9.17) is 10.8 Å². The van der Waals surface area contributed by atoms with Gasteiger partial charge < -0.3 is 10.8 Å². The van der Waals surface area contributed by atoms with Gasteiger partial charge in [0.1, 0.15) is 0 Å². The SMILES string of the molecule is Cl.Nc1cccc([N+](=O)[O-])c1C(=O)O. The van der Waals surface area contributed by atoms with E-state index >= 15 is 0 Å². The molecule has 1 aromatic rings. The molecule has 6 nitrogen and oxygen atoms in total. The van der Waals surface area contributed by atoms with Gasteiger partial charge in [-0.15, -0.1) is 12.4 Å². The third-order valence-corrected chi connectivity index (χ3v) is 1.49. The van der Waals surface area contributed by atoms with Crippen LogP contribution < -0.4 is 5.73 Å². The van der Waals surface area contributed by atoms with E-state index in [1.165, 1.54) is 12.1 Å². The Morgan fingerprint density at radius 1 is 1.50 bits per heavy atom. The van der Waals surface area contributed by atoms with Crippen LogP contribution in [0.25, 0.3) is 0 Å². The summed E-state index contributed by atoms with van der Waals surface area (Å²) < 4.78 is 0. The molecule has 0 aliphatic heterocycles. The van der Waals surface area contributed by atoms with E-state index in [0.29, 0.717) is 0 Å². The molecule has 0 amide bonds. The molecule has 0 unspecified atom stereocenters. The number of nitro groups is 1. The lowest BCUT2D eigenvalue weighted by Crippen LogP contribution is -2.06. The minimum absolute atomic E-state index is 0. The third-order valence-electron chi connectivity index (χ3n) is 1.49. The molecule has 0 bridgehead atoms. The average Bonchev–Trinajstić information content (AvgIpc) is 2.02. The predicted molar refractivity (Wildman–Crippen MR) is 51.7 cm³/mol. The van der Waals surface area contributed by atoms with E-state index in [9.17, 15) is 14.9 Å². The number of benzene rings is 1. The van der Waals surface area contributed by atoms with Crippen molar-refractivity contribution >= 4 is 29.8 Å². The highest BCUT2D eigenvalue weighted by Gasteiger charge is 2.21. The maximum atomic E-state index is 10.6. The molecule has 0 saturated carbocycles. The summed E-state index contributed by atoms with van der Waals surface area (Å²) in [6, 6.07) is 3.73. The van der Waals surface area contributed by atoms with Gasteiger partial charge in [0.15, 0.2) is 5.56 Å². The summed E-state index contributed by atoms with van der Waals surface area (Å²) in [5.74, 6) is -1.40. The number of nitrogen functional groups attached to an aromatic ring is 1. The first-order valence-electron chi connectivity index (χ1n) is 3.30. The third kappa shape index (κ3) is 2.11. The van der Waals surface area contributed by atoms with Crippen molar-refractivity contribution in [1.82, 2.24) is 0 Å². The fourth-order valence-electron chi connectivity index (χ4n) is 0.943. The van der Waals surface area contributed by atoms with E-state index in [1.807, 2.05) is 0 Å². The van der Waals surface area contributed by atoms with Gasteiger partial charge in [-0.3, -0.25) is 10.1 Å². The zero-order chi connectivity index (χ0) is 10.0. The summed E-state index contributed by atoms with van der Waals surface area (Å²) in [4.78, 5) is 20.1. The molecule has 0 aliphatic rings. The van der Waals surface area contributed by atoms with Crippen molar-refractivity contribution in [3.63, 3.8) is 0 Å². The van der Waals surface area contributed by atoms with E-state index in [1.54, 1.807) is 0 Å². The molecule has 0 heterocycles. The van der Waals surface area contributed by atoms with Gasteiger partial charge >= 0.3 is 5.97 Å². The molecule has 1 aromatic carbocycles. The van der Waals surface area contributed by atoms with Crippen molar-refractivity contribution in [2.45, 2.75) is 0 Å². The summed E-state index contributed by atoms with van der Waals surface area (Å²) >= 11 is 0. The van der Waals surface area contributed by atoms with Crippen LogP contribution in [0.4, 0.5) is 11.4 Å². The lowest BCUT2D eigenvalue weighted by molar-refractivity contribution is -0.385. The average molecular weight is 219 g/mol. The van der Waals surface area contributed by atoms with Gasteiger partial charge in [0.25, 0.3) is 5.69 Å². The molecule has 1 rings (SSSR count). The van der Waals surface area contributed by atoms with Crippen molar-refractivity contribution in [1.29, 1.82) is 0 Å². The van der Waals surface area contributed by atoms with Crippen LogP contribution in [0.2, 0.25) is 0 Å². The number of carbonyl (C=O) groups is 1. The number of hydrogen-bond acceptors (Lipinski definition) is 4. The quantitative estimate of drug-likeness (QED) is 0.442. The number of carboxylic acids is 1. The number of aromatic carboxylic acids is 1. The Labute approximate surface area is 84.9 Å². The fourth-order valence-corrected chi connectivity index (χ4v) is 0.943. The zero-order valence-electron chi connectivity index (χ0n) is 6.84. The smallest absolute Gasteiger partial charge is 0.344 e. The van der Waals surface area contributed by atoms with E-state index < -0.39 is 22.1 Å². The van der Waals surface area contributed by atoms with Crippen LogP contribution in [0.5, 0.6) is 0 Å². The first-order chi connectivity index (χ1) is 6.04. The minimum Gasteiger partial charge on any atom is -0.477 e. The summed E-state index contributed by atoms with van der Waals surface area (Å²) in [7, 11) is 0. The summed E-state index contributed by atoms with van der Waals surface area (Å²) in [5.41, 5.74) is 4.21. The van der Waals surface area contributed by atoms with Crippen LogP contribution in [0, 0.1) is 10.1 Å². The Hall–Kier alpha value is -1.82. The number of rotatable bonds is 2. The van der Waals surface area contributed by atoms with Crippen molar-refractivity contribution in [2.75, 3.05) is 5.73 Å². The molecule has 0 fully saturated rings. The monoisotopic (exact) mass is 218 g/mol. The van der Waals surface area contributed by atoms with Crippen LogP contribution >= 0.6 is 12.4 Å². The van der Waals surface area contributed by atoms with Crippen molar-refractivity contribution in [3.8, 4) is 0 Å². The molecular formula is C7H7ClN2O4. The van der Waals surface area contributed by atoms with E-state index in [2.05, 4.69) is 0 Å². The van der Waals surface area contributed by atoms with Crippen LogP contribution in [-0.4, -0.2) is 16.0 Å². The zero-order valence-corrected chi connectivity index (χ0v) is 7.65. The first-order valence-corrected chi connectivity index (χ1v) is 3.30. The highest BCUT2D eigenvalue weighted by Crippen LogP contribution is 2.23. The topological polar surface area (TPSA) is 106 Å². The lowest BCUT2D eigenvalue weighted by Gasteiger charge is -2.00. The Bertz CT molecular complexity index is 380. The van der Waals surface area contributed by atoms with Crippen LogP contribution in [0.15, 0.2) is 18.2 Å². The van der Waals surface area contributed by atoms with Crippen LogP contribution in [0.1, 0.15) is 10.4 Å². The van der Waals surface area contributed by atoms with Gasteiger partial charge in [0.05, 0.1) is 10.6 Å². The molecule has 0 atom stereocenters. The lowest BCUT2D eigenvalue weighted by atomic mass is 10.1. The minimum atomic E-state index is -1.40. The molecule has 0 aromatic heterocycles. The molecule has 0 saturated heterocycles. The molecule has 0 radical (unpaired) electrons. The number of hydrogen-bond donors (Lipinski definition) is 2. The van der Waals surface area contributed by atoms with Crippen molar-refractivity contribution in [3.05, 3.63) is 33.9 Å². The Morgan fingerprint density at radius 2 is 2.07 bits per heavy atom. The van der Waals surface area contributed by atoms with E-state index in [-0.39, 0.29) is 18.1 Å². The second-order valence-electron chi connectivity index (χ2n) is 2.30. The van der Waals surface area contributed by atoms with Gasteiger partial charge in [-0.25, -0.2) is 4.79 Å². The molecule has 3 N–H and O–H groups in total. The van der Waals surface area contributed by atoms with Crippen molar-refractivity contribution < 1.29 is 14.8 Å².